The molecule has 1 saturated heterocycles. The molecular formula is C11H18N2O2. The molecule has 4 nitrogen and oxygen atoms in total. The maximum Gasteiger partial charge on any atom is 0.246 e. The highest BCUT2D eigenvalue weighted by atomic mass is 16.2. The summed E-state index contributed by atoms with van der Waals surface area (Å²) in [6.45, 7) is 4.25. The molecule has 0 spiro atoms. The summed E-state index contributed by atoms with van der Waals surface area (Å²) < 4.78 is 0. The van der Waals surface area contributed by atoms with Gasteiger partial charge in [0, 0.05) is 5.54 Å². The predicted molar refractivity (Wildman–Crippen MR) is 56.2 cm³/mol. The summed E-state index contributed by atoms with van der Waals surface area (Å²) in [5.41, 5.74) is -0.0533. The van der Waals surface area contributed by atoms with Gasteiger partial charge in [-0.05, 0) is 32.6 Å². The highest BCUT2D eigenvalue weighted by Gasteiger charge is 2.45. The van der Waals surface area contributed by atoms with Crippen molar-refractivity contribution in [1.29, 1.82) is 0 Å². The SMILES string of the molecule is CCC1NC(=O)CN(C2(C)CCC2)C1=O. The summed E-state index contributed by atoms with van der Waals surface area (Å²) in [5, 5.41) is 2.74. The van der Waals surface area contributed by atoms with Gasteiger partial charge in [-0.3, -0.25) is 9.59 Å². The first kappa shape index (κ1) is 10.5. The molecule has 0 aromatic rings. The van der Waals surface area contributed by atoms with E-state index in [4.69, 9.17) is 0 Å². The van der Waals surface area contributed by atoms with Crippen molar-refractivity contribution in [3.05, 3.63) is 0 Å². The van der Waals surface area contributed by atoms with Crippen molar-refractivity contribution in [1.82, 2.24) is 10.2 Å². The molecule has 84 valence electrons. The maximum atomic E-state index is 12.1. The molecule has 0 radical (unpaired) electrons. The molecule has 1 aliphatic heterocycles. The fourth-order valence-electron chi connectivity index (χ4n) is 2.40. The van der Waals surface area contributed by atoms with Crippen LogP contribution in [0.5, 0.6) is 0 Å². The highest BCUT2D eigenvalue weighted by molar-refractivity contribution is 5.95. The van der Waals surface area contributed by atoms with Gasteiger partial charge in [0.05, 0.1) is 0 Å². The molecule has 0 bridgehead atoms. The van der Waals surface area contributed by atoms with Crippen LogP contribution in [0.4, 0.5) is 0 Å². The Morgan fingerprint density at radius 2 is 2.13 bits per heavy atom. The zero-order valence-corrected chi connectivity index (χ0v) is 9.38. The first-order valence-corrected chi connectivity index (χ1v) is 5.68. The van der Waals surface area contributed by atoms with E-state index in [1.165, 1.54) is 6.42 Å². The topological polar surface area (TPSA) is 49.4 Å². The van der Waals surface area contributed by atoms with Crippen LogP contribution in [-0.2, 0) is 9.59 Å². The molecule has 2 rings (SSSR count). The Morgan fingerprint density at radius 3 is 2.60 bits per heavy atom. The van der Waals surface area contributed by atoms with Crippen LogP contribution >= 0.6 is 0 Å². The quantitative estimate of drug-likeness (QED) is 0.728. The van der Waals surface area contributed by atoms with Crippen molar-refractivity contribution in [2.24, 2.45) is 0 Å². The molecule has 2 amide bonds. The Hall–Kier alpha value is -1.06. The predicted octanol–water partition coefficient (Wildman–Crippen LogP) is 0.666. The minimum absolute atomic E-state index is 0.0189. The zero-order chi connectivity index (χ0) is 11.1. The number of nitrogens with one attached hydrogen (secondary N) is 1. The van der Waals surface area contributed by atoms with Crippen LogP contribution in [0, 0.1) is 0 Å². The molecule has 1 atom stereocenters. The van der Waals surface area contributed by atoms with Gasteiger partial charge in [-0.15, -0.1) is 0 Å². The number of carbonyl (C=O) groups is 2. The summed E-state index contributed by atoms with van der Waals surface area (Å²) in [6.07, 6.45) is 3.90. The second-order valence-corrected chi connectivity index (χ2v) is 4.80. The van der Waals surface area contributed by atoms with Gasteiger partial charge in [0.2, 0.25) is 11.8 Å². The first-order valence-electron chi connectivity index (χ1n) is 5.68. The molecular weight excluding hydrogens is 192 g/mol. The van der Waals surface area contributed by atoms with Gasteiger partial charge in [-0.2, -0.15) is 0 Å². The van der Waals surface area contributed by atoms with Gasteiger partial charge in [-0.25, -0.2) is 0 Å². The second-order valence-electron chi connectivity index (χ2n) is 4.80. The van der Waals surface area contributed by atoms with Gasteiger partial charge in [0.25, 0.3) is 0 Å². The van der Waals surface area contributed by atoms with E-state index < -0.39 is 0 Å². The van der Waals surface area contributed by atoms with Gasteiger partial charge in [-0.1, -0.05) is 6.92 Å². The van der Waals surface area contributed by atoms with Gasteiger partial charge in [0.15, 0.2) is 0 Å². The lowest BCUT2D eigenvalue weighted by Gasteiger charge is -2.50. The minimum Gasteiger partial charge on any atom is -0.343 e. The Bertz CT molecular complexity index is 297. The standard InChI is InChI=1S/C11H18N2O2/c1-3-8-10(15)13(7-9(14)12-8)11(2)5-4-6-11/h8H,3-7H2,1-2H3,(H,12,14). The molecule has 1 unspecified atom stereocenters. The monoisotopic (exact) mass is 210 g/mol. The molecule has 1 N–H and O–H groups in total. The molecule has 2 fully saturated rings. The molecule has 15 heavy (non-hydrogen) atoms. The average molecular weight is 210 g/mol. The van der Waals surface area contributed by atoms with Gasteiger partial charge in [0.1, 0.15) is 12.6 Å². The van der Waals surface area contributed by atoms with E-state index >= 15 is 0 Å². The third kappa shape index (κ3) is 1.62. The minimum atomic E-state index is -0.302. The number of piperazine rings is 1. The van der Waals surface area contributed by atoms with Crippen LogP contribution in [0.1, 0.15) is 39.5 Å². The third-order valence-corrected chi connectivity index (χ3v) is 3.69. The largest absolute Gasteiger partial charge is 0.343 e. The Labute approximate surface area is 90.0 Å². The van der Waals surface area contributed by atoms with E-state index in [2.05, 4.69) is 12.2 Å². The van der Waals surface area contributed by atoms with Crippen LogP contribution in [0.2, 0.25) is 0 Å². The van der Waals surface area contributed by atoms with E-state index in [1.54, 1.807) is 4.90 Å². The van der Waals surface area contributed by atoms with E-state index in [0.717, 1.165) is 12.8 Å². The average Bonchev–Trinajstić information content (AvgIpc) is 2.17. The van der Waals surface area contributed by atoms with E-state index in [-0.39, 0.29) is 29.9 Å². The molecule has 4 heteroatoms. The molecule has 2 aliphatic rings. The van der Waals surface area contributed by atoms with Crippen molar-refractivity contribution >= 4 is 11.8 Å². The molecule has 1 saturated carbocycles. The maximum absolute atomic E-state index is 12.1. The summed E-state index contributed by atoms with van der Waals surface area (Å²) in [6, 6.07) is -0.302. The van der Waals surface area contributed by atoms with Crippen LogP contribution in [0.15, 0.2) is 0 Å². The normalized spacial score (nSPS) is 29.7. The molecule has 1 aliphatic carbocycles. The Balaban J connectivity index is 2.16. The molecule has 0 aromatic heterocycles. The van der Waals surface area contributed by atoms with E-state index in [0.29, 0.717) is 6.42 Å². The summed E-state index contributed by atoms with van der Waals surface area (Å²) in [7, 11) is 0. The van der Waals surface area contributed by atoms with Crippen LogP contribution in [0.3, 0.4) is 0 Å². The van der Waals surface area contributed by atoms with Gasteiger partial charge >= 0.3 is 0 Å². The van der Waals surface area contributed by atoms with Crippen LogP contribution in [0.25, 0.3) is 0 Å². The van der Waals surface area contributed by atoms with Crippen molar-refractivity contribution in [3.8, 4) is 0 Å². The Morgan fingerprint density at radius 1 is 1.47 bits per heavy atom. The third-order valence-electron chi connectivity index (χ3n) is 3.69. The summed E-state index contributed by atoms with van der Waals surface area (Å²) in [4.78, 5) is 25.3. The lowest BCUT2D eigenvalue weighted by Crippen LogP contribution is -2.65. The lowest BCUT2D eigenvalue weighted by atomic mass is 9.76. The number of carbonyl (C=O) groups excluding carboxylic acids is 2. The summed E-state index contributed by atoms with van der Waals surface area (Å²) >= 11 is 0. The van der Waals surface area contributed by atoms with Crippen molar-refractivity contribution < 1.29 is 9.59 Å². The van der Waals surface area contributed by atoms with E-state index in [9.17, 15) is 9.59 Å². The van der Waals surface area contributed by atoms with Crippen LogP contribution < -0.4 is 5.32 Å². The fourth-order valence-corrected chi connectivity index (χ4v) is 2.40. The number of hydrogen-bond donors (Lipinski definition) is 1. The van der Waals surface area contributed by atoms with Crippen molar-refractivity contribution in [2.45, 2.75) is 51.1 Å². The number of amides is 2. The number of hydrogen-bond acceptors (Lipinski definition) is 2. The first-order chi connectivity index (χ1) is 7.07. The number of rotatable bonds is 2. The summed E-state index contributed by atoms with van der Waals surface area (Å²) in [5.74, 6) is 0.0777. The molecule has 0 aromatic carbocycles. The lowest BCUT2D eigenvalue weighted by molar-refractivity contribution is -0.153. The zero-order valence-electron chi connectivity index (χ0n) is 9.38. The van der Waals surface area contributed by atoms with Gasteiger partial charge < -0.3 is 10.2 Å². The fraction of sp³-hybridized carbons (Fsp3) is 0.818. The molecule has 1 heterocycles. The Kier molecular flexibility index (Phi) is 2.44. The van der Waals surface area contributed by atoms with Crippen molar-refractivity contribution in [2.75, 3.05) is 6.54 Å². The van der Waals surface area contributed by atoms with Crippen LogP contribution in [-0.4, -0.2) is 34.8 Å². The van der Waals surface area contributed by atoms with E-state index in [1.807, 2.05) is 6.92 Å². The van der Waals surface area contributed by atoms with Crippen molar-refractivity contribution in [3.63, 3.8) is 0 Å². The number of nitrogens with zero attached hydrogens (tertiary/aromatic N) is 1. The smallest absolute Gasteiger partial charge is 0.246 e. The second kappa shape index (κ2) is 3.51. The highest BCUT2D eigenvalue weighted by Crippen LogP contribution is 2.38.